The van der Waals surface area contributed by atoms with Gasteiger partial charge >= 0.3 is 0 Å². The van der Waals surface area contributed by atoms with Crippen molar-refractivity contribution in [1.29, 1.82) is 0 Å². The lowest BCUT2D eigenvalue weighted by Crippen LogP contribution is -2.32. The van der Waals surface area contributed by atoms with Gasteiger partial charge < -0.3 is 20.1 Å². The van der Waals surface area contributed by atoms with Gasteiger partial charge in [-0.2, -0.15) is 0 Å². The molecule has 2 N–H and O–H groups in total. The molecule has 0 aliphatic carbocycles. The largest absolute Gasteiger partial charge is 0.495 e. The molecule has 1 unspecified atom stereocenters. The van der Waals surface area contributed by atoms with Crippen LogP contribution in [0.1, 0.15) is 6.92 Å². The third-order valence-electron chi connectivity index (χ3n) is 3.35. The molecule has 2 rings (SSSR count). The van der Waals surface area contributed by atoms with E-state index in [0.29, 0.717) is 32.9 Å². The number of halogens is 2. The van der Waals surface area contributed by atoms with Crippen molar-refractivity contribution in [3.05, 3.63) is 46.4 Å². The smallest absolute Gasteiger partial charge is 0.246 e. The molecule has 0 aromatic heterocycles. The van der Waals surface area contributed by atoms with Gasteiger partial charge in [-0.15, -0.1) is 0 Å². The summed E-state index contributed by atoms with van der Waals surface area (Å²) in [4.78, 5) is 12.3. The molecule has 24 heavy (non-hydrogen) atoms. The molecule has 0 radical (unpaired) electrons. The van der Waals surface area contributed by atoms with E-state index in [-0.39, 0.29) is 5.91 Å². The van der Waals surface area contributed by atoms with Crippen LogP contribution in [0.5, 0.6) is 11.5 Å². The van der Waals surface area contributed by atoms with Crippen LogP contribution in [0.2, 0.25) is 10.0 Å². The molecule has 2 aromatic carbocycles. The fourth-order valence-electron chi connectivity index (χ4n) is 2.06. The molecule has 0 saturated heterocycles. The van der Waals surface area contributed by atoms with E-state index in [4.69, 9.17) is 32.7 Å². The zero-order chi connectivity index (χ0) is 17.7. The zero-order valence-corrected chi connectivity index (χ0v) is 15.0. The molecule has 1 amide bonds. The highest BCUT2D eigenvalue weighted by Gasteiger charge is 2.17. The fourth-order valence-corrected chi connectivity index (χ4v) is 2.42. The Morgan fingerprint density at radius 3 is 2.25 bits per heavy atom. The van der Waals surface area contributed by atoms with Gasteiger partial charge in [0, 0.05) is 16.8 Å². The molecule has 7 heteroatoms. The van der Waals surface area contributed by atoms with Crippen molar-refractivity contribution in [2.75, 3.05) is 24.9 Å². The SMILES string of the molecule is COc1cc(OC)c(NC(C)C(=O)Nc2ccc(Cl)cc2)cc1Cl. The van der Waals surface area contributed by atoms with Gasteiger partial charge in [0.15, 0.2) is 0 Å². The lowest BCUT2D eigenvalue weighted by Gasteiger charge is -2.18. The molecular weight excluding hydrogens is 351 g/mol. The van der Waals surface area contributed by atoms with Gasteiger partial charge in [0.1, 0.15) is 17.5 Å². The number of hydrogen-bond acceptors (Lipinski definition) is 4. The van der Waals surface area contributed by atoms with Gasteiger partial charge in [-0.25, -0.2) is 0 Å². The molecular formula is C17H18Cl2N2O3. The summed E-state index contributed by atoms with van der Waals surface area (Å²) in [7, 11) is 3.06. The van der Waals surface area contributed by atoms with Crippen molar-refractivity contribution in [2.45, 2.75) is 13.0 Å². The Balaban J connectivity index is 2.10. The monoisotopic (exact) mass is 368 g/mol. The number of rotatable bonds is 6. The Kier molecular flexibility index (Phi) is 6.17. The van der Waals surface area contributed by atoms with Crippen molar-refractivity contribution in [2.24, 2.45) is 0 Å². The lowest BCUT2D eigenvalue weighted by molar-refractivity contribution is -0.116. The molecule has 128 valence electrons. The Labute approximate surface area is 150 Å². The number of hydrogen-bond donors (Lipinski definition) is 2. The summed E-state index contributed by atoms with van der Waals surface area (Å²) >= 11 is 12.0. The molecule has 0 bridgehead atoms. The minimum atomic E-state index is -0.515. The van der Waals surface area contributed by atoms with E-state index in [1.807, 2.05) is 0 Å². The Morgan fingerprint density at radius 1 is 1.04 bits per heavy atom. The highest BCUT2D eigenvalue weighted by atomic mass is 35.5. The van der Waals surface area contributed by atoms with Crippen molar-refractivity contribution in [3.63, 3.8) is 0 Å². The minimum Gasteiger partial charge on any atom is -0.495 e. The predicted octanol–water partition coefficient (Wildman–Crippen LogP) is 4.45. The summed E-state index contributed by atoms with van der Waals surface area (Å²) in [6.07, 6.45) is 0. The number of nitrogens with one attached hydrogen (secondary N) is 2. The van der Waals surface area contributed by atoms with Crippen LogP contribution in [-0.2, 0) is 4.79 Å². The van der Waals surface area contributed by atoms with Crippen molar-refractivity contribution < 1.29 is 14.3 Å². The third-order valence-corrected chi connectivity index (χ3v) is 3.90. The fraction of sp³-hybridized carbons (Fsp3) is 0.235. The maximum Gasteiger partial charge on any atom is 0.246 e. The standard InChI is InChI=1S/C17H18Cl2N2O3/c1-10(17(22)21-12-6-4-11(18)5-7-12)20-14-8-13(19)15(23-2)9-16(14)24-3/h4-10,20H,1-3H3,(H,21,22). The Morgan fingerprint density at radius 2 is 1.67 bits per heavy atom. The summed E-state index contributed by atoms with van der Waals surface area (Å²) in [5, 5.41) is 6.92. The van der Waals surface area contributed by atoms with Gasteiger partial charge in [-0.3, -0.25) is 4.79 Å². The van der Waals surface area contributed by atoms with E-state index in [1.54, 1.807) is 43.3 Å². The first-order valence-electron chi connectivity index (χ1n) is 7.19. The van der Waals surface area contributed by atoms with E-state index in [0.717, 1.165) is 0 Å². The van der Waals surface area contributed by atoms with Crippen molar-refractivity contribution in [1.82, 2.24) is 0 Å². The average Bonchev–Trinajstić information content (AvgIpc) is 2.57. The number of methoxy groups -OCH3 is 2. The maximum atomic E-state index is 12.3. The lowest BCUT2D eigenvalue weighted by atomic mass is 10.2. The van der Waals surface area contributed by atoms with Crippen LogP contribution < -0.4 is 20.1 Å². The van der Waals surface area contributed by atoms with E-state index in [9.17, 15) is 4.79 Å². The quantitative estimate of drug-likeness (QED) is 0.790. The van der Waals surface area contributed by atoms with Gasteiger partial charge in [0.05, 0.1) is 24.9 Å². The van der Waals surface area contributed by atoms with Crippen molar-refractivity contribution >= 4 is 40.5 Å². The number of carbonyl (C=O) groups is 1. The second-order valence-corrected chi connectivity index (χ2v) is 5.89. The van der Waals surface area contributed by atoms with Crippen LogP contribution in [0.4, 0.5) is 11.4 Å². The number of carbonyl (C=O) groups excluding carboxylic acids is 1. The summed E-state index contributed by atoms with van der Waals surface area (Å²) < 4.78 is 10.5. The topological polar surface area (TPSA) is 59.6 Å². The highest BCUT2D eigenvalue weighted by molar-refractivity contribution is 6.32. The molecule has 0 saturated carbocycles. The molecule has 0 aliphatic rings. The van der Waals surface area contributed by atoms with E-state index >= 15 is 0 Å². The normalized spacial score (nSPS) is 11.5. The first kappa shape index (κ1) is 18.2. The third kappa shape index (κ3) is 4.46. The van der Waals surface area contributed by atoms with Crippen LogP contribution in [0.15, 0.2) is 36.4 Å². The second-order valence-electron chi connectivity index (χ2n) is 5.05. The molecule has 2 aromatic rings. The molecule has 0 aliphatic heterocycles. The van der Waals surface area contributed by atoms with Gasteiger partial charge in [0.25, 0.3) is 0 Å². The molecule has 1 atom stereocenters. The number of amides is 1. The Hall–Kier alpha value is -2.11. The molecule has 5 nitrogen and oxygen atoms in total. The Bertz CT molecular complexity index is 721. The summed E-state index contributed by atoms with van der Waals surface area (Å²) in [5.74, 6) is 0.825. The first-order valence-corrected chi connectivity index (χ1v) is 7.94. The van der Waals surface area contributed by atoms with E-state index in [2.05, 4.69) is 10.6 Å². The van der Waals surface area contributed by atoms with Crippen LogP contribution in [0.3, 0.4) is 0 Å². The van der Waals surface area contributed by atoms with Gasteiger partial charge in [-0.05, 0) is 37.3 Å². The predicted molar refractivity (Wildman–Crippen MR) is 97.7 cm³/mol. The molecule has 0 spiro atoms. The minimum absolute atomic E-state index is 0.202. The summed E-state index contributed by atoms with van der Waals surface area (Å²) in [5.41, 5.74) is 1.26. The molecule has 0 heterocycles. The van der Waals surface area contributed by atoms with Gasteiger partial charge in [0.2, 0.25) is 5.91 Å². The summed E-state index contributed by atoms with van der Waals surface area (Å²) in [6.45, 7) is 1.74. The van der Waals surface area contributed by atoms with Crippen LogP contribution >= 0.6 is 23.2 Å². The highest BCUT2D eigenvalue weighted by Crippen LogP contribution is 2.36. The van der Waals surface area contributed by atoms with Gasteiger partial charge in [-0.1, -0.05) is 23.2 Å². The van der Waals surface area contributed by atoms with Crippen molar-refractivity contribution in [3.8, 4) is 11.5 Å². The maximum absolute atomic E-state index is 12.3. The second kappa shape index (κ2) is 8.13. The average molecular weight is 369 g/mol. The molecule has 0 fully saturated rings. The number of anilines is 2. The van der Waals surface area contributed by atoms with E-state index in [1.165, 1.54) is 14.2 Å². The van der Waals surface area contributed by atoms with Crippen LogP contribution in [0.25, 0.3) is 0 Å². The number of benzene rings is 2. The first-order chi connectivity index (χ1) is 11.4. The van der Waals surface area contributed by atoms with E-state index < -0.39 is 6.04 Å². The number of ether oxygens (including phenoxy) is 2. The zero-order valence-electron chi connectivity index (χ0n) is 13.5. The summed E-state index contributed by atoms with van der Waals surface area (Å²) in [6, 6.07) is 9.69. The van der Waals surface area contributed by atoms with Crippen LogP contribution in [0, 0.1) is 0 Å². The van der Waals surface area contributed by atoms with Crippen LogP contribution in [-0.4, -0.2) is 26.2 Å².